The van der Waals surface area contributed by atoms with E-state index in [4.69, 9.17) is 4.99 Å². The van der Waals surface area contributed by atoms with Crippen molar-refractivity contribution in [1.29, 1.82) is 0 Å². The first-order valence-corrected chi connectivity index (χ1v) is 9.64. The average Bonchev–Trinajstić information content (AvgIpc) is 3.13. The first-order valence-electron chi connectivity index (χ1n) is 9.64. The van der Waals surface area contributed by atoms with E-state index in [-0.39, 0.29) is 0 Å². The molecule has 1 aromatic carbocycles. The maximum atomic E-state index is 4.82. The van der Waals surface area contributed by atoms with Gasteiger partial charge in [-0.1, -0.05) is 50.6 Å². The zero-order valence-corrected chi connectivity index (χ0v) is 16.4. The van der Waals surface area contributed by atoms with Crippen molar-refractivity contribution in [3.05, 3.63) is 48.0 Å². The van der Waals surface area contributed by atoms with Gasteiger partial charge < -0.3 is 14.8 Å². The Hall–Kier alpha value is -2.37. The Bertz CT molecular complexity index is 649. The Morgan fingerprint density at radius 2 is 2.04 bits per heavy atom. The number of nitrogens with one attached hydrogen (secondary N) is 1. The molecule has 0 radical (unpaired) electrons. The van der Waals surface area contributed by atoms with Gasteiger partial charge in [0.1, 0.15) is 12.2 Å². The summed E-state index contributed by atoms with van der Waals surface area (Å²) < 4.78 is 2.10. The van der Waals surface area contributed by atoms with Gasteiger partial charge in [-0.25, -0.2) is 0 Å². The molecular weight excluding hydrogens is 324 g/mol. The van der Waals surface area contributed by atoms with Gasteiger partial charge in [-0.15, -0.1) is 10.2 Å². The van der Waals surface area contributed by atoms with Gasteiger partial charge in [0.05, 0.1) is 0 Å². The summed E-state index contributed by atoms with van der Waals surface area (Å²) in [4.78, 5) is 7.05. The molecule has 142 valence electrons. The summed E-state index contributed by atoms with van der Waals surface area (Å²) in [7, 11) is 2.11. The first kappa shape index (κ1) is 19.9. The molecule has 6 heteroatoms. The van der Waals surface area contributed by atoms with Gasteiger partial charge in [-0.2, -0.15) is 0 Å². The molecule has 0 saturated carbocycles. The van der Waals surface area contributed by atoms with E-state index in [9.17, 15) is 0 Å². The number of aryl methyl sites for hydroxylation is 1. The van der Waals surface area contributed by atoms with E-state index in [2.05, 4.69) is 70.1 Å². The molecule has 0 saturated heterocycles. The second-order valence-corrected chi connectivity index (χ2v) is 6.44. The van der Waals surface area contributed by atoms with Crippen LogP contribution in [-0.2, 0) is 19.4 Å². The van der Waals surface area contributed by atoms with Crippen LogP contribution in [0.1, 0.15) is 38.1 Å². The smallest absolute Gasteiger partial charge is 0.193 e. The molecule has 0 aliphatic carbocycles. The Morgan fingerprint density at radius 3 is 2.77 bits per heavy atom. The molecule has 0 fully saturated rings. The molecule has 0 atom stereocenters. The van der Waals surface area contributed by atoms with E-state index in [0.29, 0.717) is 0 Å². The minimum Gasteiger partial charge on any atom is -0.354 e. The van der Waals surface area contributed by atoms with Crippen LogP contribution < -0.4 is 5.32 Å². The van der Waals surface area contributed by atoms with Crippen LogP contribution >= 0.6 is 0 Å². The van der Waals surface area contributed by atoms with Gasteiger partial charge in [-0.3, -0.25) is 4.99 Å². The first-order chi connectivity index (χ1) is 12.7. The number of guanidine groups is 1. The lowest BCUT2D eigenvalue weighted by Gasteiger charge is -2.22. The summed E-state index contributed by atoms with van der Waals surface area (Å²) in [5, 5.41) is 11.6. The largest absolute Gasteiger partial charge is 0.354 e. The van der Waals surface area contributed by atoms with E-state index < -0.39 is 0 Å². The molecule has 26 heavy (non-hydrogen) atoms. The zero-order valence-electron chi connectivity index (χ0n) is 16.4. The minimum absolute atomic E-state index is 0.787. The molecule has 0 amide bonds. The van der Waals surface area contributed by atoms with Gasteiger partial charge in [0.2, 0.25) is 0 Å². The number of aromatic nitrogens is 3. The molecule has 0 aliphatic rings. The molecule has 0 spiro atoms. The van der Waals surface area contributed by atoms with Gasteiger partial charge in [-0.05, 0) is 18.4 Å². The predicted octanol–water partition coefficient (Wildman–Crippen LogP) is 2.76. The Kier molecular flexibility index (Phi) is 8.66. The fourth-order valence-corrected chi connectivity index (χ4v) is 2.78. The second-order valence-electron chi connectivity index (χ2n) is 6.44. The van der Waals surface area contributed by atoms with Crippen LogP contribution in [0.3, 0.4) is 0 Å². The van der Waals surface area contributed by atoms with Crippen LogP contribution in [0.15, 0.2) is 41.7 Å². The summed E-state index contributed by atoms with van der Waals surface area (Å²) >= 11 is 0. The molecule has 2 rings (SSSR count). The summed E-state index contributed by atoms with van der Waals surface area (Å²) in [6.45, 7) is 7.77. The summed E-state index contributed by atoms with van der Waals surface area (Å²) in [5.74, 6) is 1.99. The summed E-state index contributed by atoms with van der Waals surface area (Å²) in [6, 6.07) is 10.5. The van der Waals surface area contributed by atoms with Crippen molar-refractivity contribution in [2.24, 2.45) is 4.99 Å². The summed E-state index contributed by atoms with van der Waals surface area (Å²) in [5.41, 5.74) is 1.32. The molecule has 2 aromatic rings. The molecule has 6 nitrogen and oxygen atoms in total. The number of unbranched alkanes of at least 4 members (excludes halogenated alkanes) is 1. The summed E-state index contributed by atoms with van der Waals surface area (Å²) in [6.07, 6.45) is 6.00. The number of rotatable bonds is 10. The predicted molar refractivity (Wildman–Crippen MR) is 107 cm³/mol. The van der Waals surface area contributed by atoms with Crippen molar-refractivity contribution in [2.45, 2.75) is 46.1 Å². The molecule has 0 aliphatic heterocycles. The van der Waals surface area contributed by atoms with E-state index in [1.54, 1.807) is 6.33 Å². The van der Waals surface area contributed by atoms with Crippen LogP contribution in [-0.4, -0.2) is 52.3 Å². The van der Waals surface area contributed by atoms with Crippen LogP contribution in [0.4, 0.5) is 0 Å². The fourth-order valence-electron chi connectivity index (χ4n) is 2.78. The van der Waals surface area contributed by atoms with Gasteiger partial charge in [0.15, 0.2) is 5.96 Å². The van der Waals surface area contributed by atoms with Crippen molar-refractivity contribution in [2.75, 3.05) is 26.7 Å². The van der Waals surface area contributed by atoms with Gasteiger partial charge >= 0.3 is 0 Å². The van der Waals surface area contributed by atoms with E-state index in [1.165, 1.54) is 18.4 Å². The highest BCUT2D eigenvalue weighted by Crippen LogP contribution is 2.01. The molecule has 0 unspecified atom stereocenters. The molecular formula is C20H32N6. The van der Waals surface area contributed by atoms with Crippen molar-refractivity contribution in [1.82, 2.24) is 25.0 Å². The van der Waals surface area contributed by atoms with E-state index >= 15 is 0 Å². The second kappa shape index (κ2) is 11.3. The number of benzene rings is 1. The highest BCUT2D eigenvalue weighted by molar-refractivity contribution is 5.79. The molecule has 1 heterocycles. The van der Waals surface area contributed by atoms with E-state index in [1.807, 2.05) is 6.07 Å². The number of nitrogens with zero attached hydrogens (tertiary/aromatic N) is 5. The third kappa shape index (κ3) is 6.50. The fraction of sp³-hybridized carbons (Fsp3) is 0.550. The van der Waals surface area contributed by atoms with Crippen molar-refractivity contribution in [3.8, 4) is 0 Å². The molecule has 0 bridgehead atoms. The third-order valence-electron chi connectivity index (χ3n) is 4.36. The normalized spacial score (nSPS) is 11.6. The van der Waals surface area contributed by atoms with Crippen molar-refractivity contribution < 1.29 is 0 Å². The zero-order chi connectivity index (χ0) is 18.6. The van der Waals surface area contributed by atoms with Crippen LogP contribution in [0.2, 0.25) is 0 Å². The Balaban J connectivity index is 1.90. The van der Waals surface area contributed by atoms with E-state index in [0.717, 1.165) is 50.8 Å². The lowest BCUT2D eigenvalue weighted by atomic mass is 10.2. The lowest BCUT2D eigenvalue weighted by molar-refractivity contribution is 0.460. The van der Waals surface area contributed by atoms with Crippen LogP contribution in [0.25, 0.3) is 0 Å². The molecule has 1 aromatic heterocycles. The average molecular weight is 357 g/mol. The van der Waals surface area contributed by atoms with Crippen molar-refractivity contribution in [3.63, 3.8) is 0 Å². The van der Waals surface area contributed by atoms with Crippen molar-refractivity contribution >= 4 is 5.96 Å². The highest BCUT2D eigenvalue weighted by Gasteiger charge is 2.07. The monoisotopic (exact) mass is 356 g/mol. The number of aliphatic imine (C=N–C) groups is 1. The lowest BCUT2D eigenvalue weighted by Crippen LogP contribution is -2.41. The Labute approximate surface area is 157 Å². The number of hydrogen-bond donors (Lipinski definition) is 1. The standard InChI is InChI=1S/C20H32N6/c1-4-6-15-25(3)20(21-13-12-18-10-8-7-9-11-18)22-14-16-26-17-23-24-19(26)5-2/h7-11,17H,4-6,12-16H2,1-3H3,(H,21,22). The quantitative estimate of drug-likeness (QED) is 0.525. The SMILES string of the molecule is CCCCN(C)C(=NCCc1ccccc1)NCCn1cnnc1CC. The van der Waals surface area contributed by atoms with Crippen LogP contribution in [0, 0.1) is 0 Å². The van der Waals surface area contributed by atoms with Crippen LogP contribution in [0.5, 0.6) is 0 Å². The minimum atomic E-state index is 0.787. The third-order valence-corrected chi connectivity index (χ3v) is 4.36. The maximum Gasteiger partial charge on any atom is 0.193 e. The number of hydrogen-bond acceptors (Lipinski definition) is 3. The molecule has 1 N–H and O–H groups in total. The Morgan fingerprint density at radius 1 is 1.23 bits per heavy atom. The van der Waals surface area contributed by atoms with Gasteiger partial charge in [0.25, 0.3) is 0 Å². The highest BCUT2D eigenvalue weighted by atomic mass is 15.3. The maximum absolute atomic E-state index is 4.82. The van der Waals surface area contributed by atoms with Gasteiger partial charge in [0, 0.05) is 39.6 Å². The topological polar surface area (TPSA) is 58.3 Å².